The van der Waals surface area contributed by atoms with E-state index in [0.29, 0.717) is 22.2 Å². The Hall–Kier alpha value is -1.27. The van der Waals surface area contributed by atoms with Crippen molar-refractivity contribution >= 4 is 54.5 Å². The highest BCUT2D eigenvalue weighted by Gasteiger charge is 2.73. The summed E-state index contributed by atoms with van der Waals surface area (Å²) < 4.78 is 7.45. The number of hydrogen-bond donors (Lipinski definition) is 0. The molecule has 4 rings (SSSR count). The second kappa shape index (κ2) is 5.61. The van der Waals surface area contributed by atoms with Crippen LogP contribution in [0.4, 0.5) is 0 Å². The fourth-order valence-corrected chi connectivity index (χ4v) is 6.10. The zero-order valence-corrected chi connectivity index (χ0v) is 18.0. The van der Waals surface area contributed by atoms with Gasteiger partial charge in [-0.05, 0) is 46.3 Å². The molecule has 0 amide bonds. The molecular formula is C20H19Br2NO3. The number of hydrogen-bond acceptors (Lipinski definition) is 4. The minimum absolute atomic E-state index is 0.170. The maximum atomic E-state index is 13.3. The summed E-state index contributed by atoms with van der Waals surface area (Å²) in [6.07, 6.45) is 3.34. The molecule has 0 saturated heterocycles. The number of Topliss-reactive ketones (excluding diaryl/α,β-unsaturated/α-hetero) is 1. The number of ether oxygens (including phenoxy) is 1. The standard InChI is InChI=1S/C20H19Br2NO3/c1-18(2)19(3)6-7-20(18,10-14(19)24)17(25)26-16-13(22)9-12(21)11-5-4-8-23-15(11)16/h4-5,8-9H,6-7,10H2,1-3H3/t19-,20-/m1/s1. The van der Waals surface area contributed by atoms with Crippen LogP contribution in [0.15, 0.2) is 33.3 Å². The molecule has 0 unspecified atom stereocenters. The van der Waals surface area contributed by atoms with Crippen molar-refractivity contribution < 1.29 is 14.3 Å². The van der Waals surface area contributed by atoms with Crippen LogP contribution in [0, 0.1) is 16.2 Å². The molecule has 2 aliphatic carbocycles. The molecule has 2 atom stereocenters. The third kappa shape index (κ3) is 2.09. The Balaban J connectivity index is 1.79. The van der Waals surface area contributed by atoms with Crippen molar-refractivity contribution in [1.29, 1.82) is 0 Å². The number of halogens is 2. The SMILES string of the molecule is CC1(C)[C@]2(C(=O)Oc3c(Br)cc(Br)c4cccnc34)CC[C@]1(C)C(=O)C2. The Kier molecular flexibility index (Phi) is 3.91. The highest BCUT2D eigenvalue weighted by molar-refractivity contribution is 9.11. The third-order valence-electron chi connectivity index (χ3n) is 7.04. The van der Waals surface area contributed by atoms with E-state index in [9.17, 15) is 9.59 Å². The Morgan fingerprint density at radius 3 is 2.54 bits per heavy atom. The molecule has 1 aromatic heterocycles. The van der Waals surface area contributed by atoms with Crippen LogP contribution in [-0.4, -0.2) is 16.7 Å². The van der Waals surface area contributed by atoms with Crippen molar-refractivity contribution in [1.82, 2.24) is 4.98 Å². The molecular weight excluding hydrogens is 462 g/mol. The molecule has 2 aromatic rings. The Bertz CT molecular complexity index is 971. The molecule has 0 aliphatic heterocycles. The van der Waals surface area contributed by atoms with Crippen LogP contribution in [0.2, 0.25) is 0 Å². The second-order valence-corrected chi connectivity index (χ2v) is 9.81. The van der Waals surface area contributed by atoms with Crippen LogP contribution in [0.3, 0.4) is 0 Å². The summed E-state index contributed by atoms with van der Waals surface area (Å²) in [6, 6.07) is 5.62. The summed E-state index contributed by atoms with van der Waals surface area (Å²) in [4.78, 5) is 30.4. The number of fused-ring (bicyclic) bond motifs is 3. The minimum atomic E-state index is -0.771. The molecule has 136 valence electrons. The molecule has 6 heteroatoms. The number of carbonyl (C=O) groups excluding carboxylic acids is 2. The molecule has 1 aromatic carbocycles. The topological polar surface area (TPSA) is 56.3 Å². The fraction of sp³-hybridized carbons (Fsp3) is 0.450. The Labute approximate surface area is 169 Å². The third-order valence-corrected chi connectivity index (χ3v) is 8.29. The number of rotatable bonds is 2. The van der Waals surface area contributed by atoms with E-state index in [-0.39, 0.29) is 18.2 Å². The quantitative estimate of drug-likeness (QED) is 0.423. The van der Waals surface area contributed by atoms with Gasteiger partial charge in [-0.25, -0.2) is 0 Å². The van der Waals surface area contributed by atoms with E-state index >= 15 is 0 Å². The Morgan fingerprint density at radius 2 is 1.92 bits per heavy atom. The highest BCUT2D eigenvalue weighted by atomic mass is 79.9. The second-order valence-electron chi connectivity index (χ2n) is 8.10. The number of aromatic nitrogens is 1. The van der Waals surface area contributed by atoms with Crippen LogP contribution < -0.4 is 4.74 Å². The first-order chi connectivity index (χ1) is 12.1. The molecule has 0 spiro atoms. The van der Waals surface area contributed by atoms with Gasteiger partial charge in [-0.2, -0.15) is 0 Å². The molecule has 2 aliphatic rings. The normalized spacial score (nSPS) is 29.3. The summed E-state index contributed by atoms with van der Waals surface area (Å²) >= 11 is 7.02. The molecule has 2 saturated carbocycles. The summed E-state index contributed by atoms with van der Waals surface area (Å²) in [7, 11) is 0. The Morgan fingerprint density at radius 1 is 1.19 bits per heavy atom. The van der Waals surface area contributed by atoms with Gasteiger partial charge in [0.05, 0.1) is 9.89 Å². The van der Waals surface area contributed by atoms with Gasteiger partial charge in [0.1, 0.15) is 11.3 Å². The number of ketones is 1. The predicted molar refractivity (Wildman–Crippen MR) is 106 cm³/mol. The average molecular weight is 481 g/mol. The van der Waals surface area contributed by atoms with Gasteiger partial charge >= 0.3 is 5.97 Å². The lowest BCUT2D eigenvalue weighted by Crippen LogP contribution is -2.42. The zero-order valence-electron chi connectivity index (χ0n) is 14.9. The summed E-state index contributed by atoms with van der Waals surface area (Å²) in [5, 5.41) is 0.869. The molecule has 1 heterocycles. The smallest absolute Gasteiger partial charge is 0.318 e. The van der Waals surface area contributed by atoms with E-state index in [2.05, 4.69) is 36.8 Å². The zero-order chi connectivity index (χ0) is 18.9. The molecule has 0 radical (unpaired) electrons. The van der Waals surface area contributed by atoms with E-state index in [1.807, 2.05) is 39.0 Å². The molecule has 4 nitrogen and oxygen atoms in total. The van der Waals surface area contributed by atoms with Crippen molar-refractivity contribution in [3.63, 3.8) is 0 Å². The summed E-state index contributed by atoms with van der Waals surface area (Å²) in [5.74, 6) is 0.252. The van der Waals surface area contributed by atoms with E-state index in [4.69, 9.17) is 4.74 Å². The first-order valence-corrected chi connectivity index (χ1v) is 10.2. The lowest BCUT2D eigenvalue weighted by atomic mass is 9.65. The van der Waals surface area contributed by atoms with E-state index in [1.54, 1.807) is 6.20 Å². The van der Waals surface area contributed by atoms with Gasteiger partial charge < -0.3 is 4.74 Å². The lowest BCUT2D eigenvalue weighted by Gasteiger charge is -2.37. The predicted octanol–water partition coefficient (Wildman–Crippen LogP) is 5.45. The maximum Gasteiger partial charge on any atom is 0.318 e. The van der Waals surface area contributed by atoms with Crippen LogP contribution in [0.25, 0.3) is 10.9 Å². The van der Waals surface area contributed by atoms with Crippen molar-refractivity contribution in [2.75, 3.05) is 0 Å². The van der Waals surface area contributed by atoms with Crippen LogP contribution >= 0.6 is 31.9 Å². The number of carbonyl (C=O) groups is 2. The number of benzene rings is 1. The van der Waals surface area contributed by atoms with Gasteiger partial charge in [0.15, 0.2) is 5.75 Å². The molecule has 2 bridgehead atoms. The van der Waals surface area contributed by atoms with E-state index in [1.165, 1.54) is 0 Å². The first kappa shape index (κ1) is 18.1. The van der Waals surface area contributed by atoms with Crippen molar-refractivity contribution in [2.24, 2.45) is 16.2 Å². The summed E-state index contributed by atoms with van der Waals surface area (Å²) in [6.45, 7) is 6.04. The van der Waals surface area contributed by atoms with Crippen molar-refractivity contribution in [3.05, 3.63) is 33.3 Å². The summed E-state index contributed by atoms with van der Waals surface area (Å²) in [5.41, 5.74) is -1.05. The van der Waals surface area contributed by atoms with Crippen molar-refractivity contribution in [3.8, 4) is 5.75 Å². The maximum absolute atomic E-state index is 13.3. The van der Waals surface area contributed by atoms with Gasteiger partial charge in [0, 0.05) is 27.9 Å². The number of nitrogens with zero attached hydrogens (tertiary/aromatic N) is 1. The highest BCUT2D eigenvalue weighted by Crippen LogP contribution is 2.70. The molecule has 26 heavy (non-hydrogen) atoms. The lowest BCUT2D eigenvalue weighted by molar-refractivity contribution is -0.151. The van der Waals surface area contributed by atoms with Crippen LogP contribution in [-0.2, 0) is 9.59 Å². The first-order valence-electron chi connectivity index (χ1n) is 8.62. The van der Waals surface area contributed by atoms with Crippen LogP contribution in [0.1, 0.15) is 40.0 Å². The molecule has 2 fully saturated rings. The number of esters is 1. The van der Waals surface area contributed by atoms with E-state index < -0.39 is 16.2 Å². The van der Waals surface area contributed by atoms with E-state index in [0.717, 1.165) is 16.3 Å². The fourth-order valence-electron chi connectivity index (χ4n) is 4.75. The monoisotopic (exact) mass is 479 g/mol. The van der Waals surface area contributed by atoms with Gasteiger partial charge in [0.2, 0.25) is 0 Å². The van der Waals surface area contributed by atoms with Crippen molar-refractivity contribution in [2.45, 2.75) is 40.0 Å². The van der Waals surface area contributed by atoms with Crippen LogP contribution in [0.5, 0.6) is 5.75 Å². The minimum Gasteiger partial charge on any atom is -0.423 e. The average Bonchev–Trinajstić information content (AvgIpc) is 2.89. The number of pyridine rings is 1. The van der Waals surface area contributed by atoms with Gasteiger partial charge in [0.25, 0.3) is 0 Å². The van der Waals surface area contributed by atoms with Gasteiger partial charge in [-0.1, -0.05) is 42.8 Å². The van der Waals surface area contributed by atoms with Gasteiger partial charge in [-0.15, -0.1) is 0 Å². The largest absolute Gasteiger partial charge is 0.423 e. The molecule has 0 N–H and O–H groups in total. The van der Waals surface area contributed by atoms with Gasteiger partial charge in [-0.3, -0.25) is 14.6 Å².